The molecule has 1 fully saturated rings. The number of rotatable bonds is 6. The van der Waals surface area contributed by atoms with Crippen molar-refractivity contribution >= 4 is 5.78 Å². The van der Waals surface area contributed by atoms with E-state index >= 15 is 0 Å². The number of hydrogen-bond acceptors (Lipinski definition) is 4. The monoisotopic (exact) mass is 311 g/mol. The summed E-state index contributed by atoms with van der Waals surface area (Å²) < 4.78 is 11.4. The van der Waals surface area contributed by atoms with Crippen molar-refractivity contribution in [3.8, 4) is 11.5 Å². The number of pyridine rings is 1. The van der Waals surface area contributed by atoms with E-state index in [1.54, 1.807) is 31.6 Å². The minimum Gasteiger partial charge on any atom is -0.493 e. The van der Waals surface area contributed by atoms with Gasteiger partial charge in [-0.3, -0.25) is 9.78 Å². The molecule has 0 unspecified atom stereocenters. The first-order valence-corrected chi connectivity index (χ1v) is 8.03. The highest BCUT2D eigenvalue weighted by atomic mass is 16.5. The molecule has 0 radical (unpaired) electrons. The van der Waals surface area contributed by atoms with Crippen LogP contribution in [0.2, 0.25) is 0 Å². The van der Waals surface area contributed by atoms with Crippen LogP contribution in [0.4, 0.5) is 0 Å². The highest BCUT2D eigenvalue weighted by molar-refractivity contribution is 5.98. The van der Waals surface area contributed by atoms with E-state index in [2.05, 4.69) is 4.98 Å². The van der Waals surface area contributed by atoms with Gasteiger partial charge in [-0.15, -0.1) is 0 Å². The minimum absolute atomic E-state index is 0.0649. The Kier molecular flexibility index (Phi) is 4.91. The van der Waals surface area contributed by atoms with Gasteiger partial charge in [0.25, 0.3) is 0 Å². The molecule has 0 amide bonds. The Morgan fingerprint density at radius 2 is 1.87 bits per heavy atom. The third kappa shape index (κ3) is 3.89. The zero-order chi connectivity index (χ0) is 16.1. The maximum atomic E-state index is 12.5. The Balaban J connectivity index is 1.77. The molecule has 0 bridgehead atoms. The van der Waals surface area contributed by atoms with E-state index in [0.29, 0.717) is 23.5 Å². The Labute approximate surface area is 136 Å². The fourth-order valence-electron chi connectivity index (χ4n) is 2.92. The van der Waals surface area contributed by atoms with Gasteiger partial charge in [0.2, 0.25) is 0 Å². The first kappa shape index (κ1) is 15.5. The van der Waals surface area contributed by atoms with Gasteiger partial charge < -0.3 is 9.47 Å². The van der Waals surface area contributed by atoms with Gasteiger partial charge in [0, 0.05) is 24.4 Å². The van der Waals surface area contributed by atoms with Gasteiger partial charge in [0.15, 0.2) is 17.3 Å². The molecule has 1 aliphatic rings. The Hall–Kier alpha value is -2.36. The number of hydrogen-bond donors (Lipinski definition) is 0. The molecule has 0 saturated heterocycles. The average molecular weight is 311 g/mol. The van der Waals surface area contributed by atoms with Crippen molar-refractivity contribution < 1.29 is 14.3 Å². The van der Waals surface area contributed by atoms with E-state index in [0.717, 1.165) is 18.4 Å². The SMILES string of the molecule is COc1ccc(C(=O)Cc2ccncc2)cc1OC1CCCC1. The zero-order valence-electron chi connectivity index (χ0n) is 13.3. The molecular formula is C19H21NO3. The molecule has 0 spiro atoms. The summed E-state index contributed by atoms with van der Waals surface area (Å²) in [5, 5.41) is 0. The maximum Gasteiger partial charge on any atom is 0.167 e. The van der Waals surface area contributed by atoms with Crippen LogP contribution >= 0.6 is 0 Å². The van der Waals surface area contributed by atoms with Gasteiger partial charge >= 0.3 is 0 Å². The smallest absolute Gasteiger partial charge is 0.167 e. The molecule has 4 nitrogen and oxygen atoms in total. The normalized spacial score (nSPS) is 14.7. The van der Waals surface area contributed by atoms with Crippen LogP contribution in [0.1, 0.15) is 41.6 Å². The van der Waals surface area contributed by atoms with Crippen LogP contribution in [0.25, 0.3) is 0 Å². The fraction of sp³-hybridized carbons (Fsp3) is 0.368. The molecule has 1 aliphatic carbocycles. The second-order valence-corrected chi connectivity index (χ2v) is 5.85. The number of carbonyl (C=O) groups is 1. The lowest BCUT2D eigenvalue weighted by atomic mass is 10.0. The molecule has 1 heterocycles. The predicted molar refractivity (Wildman–Crippen MR) is 88.1 cm³/mol. The van der Waals surface area contributed by atoms with E-state index in [9.17, 15) is 4.79 Å². The van der Waals surface area contributed by atoms with Crippen LogP contribution in [0.15, 0.2) is 42.7 Å². The van der Waals surface area contributed by atoms with Crippen molar-refractivity contribution in [2.24, 2.45) is 0 Å². The highest BCUT2D eigenvalue weighted by Gasteiger charge is 2.19. The number of ether oxygens (including phenoxy) is 2. The summed E-state index contributed by atoms with van der Waals surface area (Å²) in [4.78, 5) is 16.5. The molecule has 4 heteroatoms. The lowest BCUT2D eigenvalue weighted by Crippen LogP contribution is -2.12. The van der Waals surface area contributed by atoms with Gasteiger partial charge in [-0.25, -0.2) is 0 Å². The molecule has 2 aromatic rings. The van der Waals surface area contributed by atoms with Crippen LogP contribution in [-0.2, 0) is 6.42 Å². The average Bonchev–Trinajstić information content (AvgIpc) is 3.09. The molecule has 0 aliphatic heterocycles. The number of nitrogens with zero attached hydrogens (tertiary/aromatic N) is 1. The zero-order valence-corrected chi connectivity index (χ0v) is 13.3. The van der Waals surface area contributed by atoms with E-state index in [1.165, 1.54) is 12.8 Å². The first-order valence-electron chi connectivity index (χ1n) is 8.03. The van der Waals surface area contributed by atoms with E-state index in [1.807, 2.05) is 18.2 Å². The Morgan fingerprint density at radius 3 is 2.57 bits per heavy atom. The summed E-state index contributed by atoms with van der Waals surface area (Å²) in [6.07, 6.45) is 8.53. The third-order valence-electron chi connectivity index (χ3n) is 4.20. The molecule has 3 rings (SSSR count). The standard InChI is InChI=1S/C19H21NO3/c1-22-18-7-6-15(13-19(18)23-16-4-2-3-5-16)17(21)12-14-8-10-20-11-9-14/h6-11,13,16H,2-5,12H2,1H3. The first-order chi connectivity index (χ1) is 11.3. The van der Waals surface area contributed by atoms with E-state index in [4.69, 9.17) is 9.47 Å². The number of aromatic nitrogens is 1. The lowest BCUT2D eigenvalue weighted by Gasteiger charge is -2.16. The maximum absolute atomic E-state index is 12.5. The van der Waals surface area contributed by atoms with Crippen LogP contribution in [0.5, 0.6) is 11.5 Å². The number of ketones is 1. The second kappa shape index (κ2) is 7.27. The summed E-state index contributed by atoms with van der Waals surface area (Å²) >= 11 is 0. The van der Waals surface area contributed by atoms with Gasteiger partial charge in [0.1, 0.15) is 0 Å². The van der Waals surface area contributed by atoms with Gasteiger partial charge in [-0.1, -0.05) is 0 Å². The van der Waals surface area contributed by atoms with E-state index in [-0.39, 0.29) is 11.9 Å². The number of methoxy groups -OCH3 is 1. The molecule has 1 saturated carbocycles. The summed E-state index contributed by atoms with van der Waals surface area (Å²) in [7, 11) is 1.62. The molecule has 23 heavy (non-hydrogen) atoms. The molecule has 1 aromatic heterocycles. The molecule has 120 valence electrons. The van der Waals surface area contributed by atoms with Crippen molar-refractivity contribution in [1.82, 2.24) is 4.98 Å². The van der Waals surface area contributed by atoms with E-state index < -0.39 is 0 Å². The van der Waals surface area contributed by atoms with Gasteiger partial charge in [0.05, 0.1) is 13.2 Å². The summed E-state index contributed by atoms with van der Waals surface area (Å²) in [6.45, 7) is 0. The van der Waals surface area contributed by atoms with Crippen molar-refractivity contribution in [2.75, 3.05) is 7.11 Å². The number of benzene rings is 1. The van der Waals surface area contributed by atoms with Crippen molar-refractivity contribution in [2.45, 2.75) is 38.2 Å². The van der Waals surface area contributed by atoms with Crippen molar-refractivity contribution in [3.05, 3.63) is 53.9 Å². The van der Waals surface area contributed by atoms with Crippen LogP contribution in [0, 0.1) is 0 Å². The van der Waals surface area contributed by atoms with Crippen molar-refractivity contribution in [1.29, 1.82) is 0 Å². The largest absolute Gasteiger partial charge is 0.493 e. The second-order valence-electron chi connectivity index (χ2n) is 5.85. The summed E-state index contributed by atoms with van der Waals surface area (Å²) in [5.41, 5.74) is 1.61. The quantitative estimate of drug-likeness (QED) is 0.761. The van der Waals surface area contributed by atoms with Crippen LogP contribution < -0.4 is 9.47 Å². The van der Waals surface area contributed by atoms with Crippen LogP contribution in [0.3, 0.4) is 0 Å². The number of Topliss-reactive ketones (excluding diaryl/α,β-unsaturated/α-hetero) is 1. The summed E-state index contributed by atoms with van der Waals surface area (Å²) in [6, 6.07) is 9.13. The van der Waals surface area contributed by atoms with Gasteiger partial charge in [-0.2, -0.15) is 0 Å². The van der Waals surface area contributed by atoms with Crippen LogP contribution in [-0.4, -0.2) is 24.0 Å². The molecule has 0 N–H and O–H groups in total. The highest BCUT2D eigenvalue weighted by Crippen LogP contribution is 2.32. The van der Waals surface area contributed by atoms with Gasteiger partial charge in [-0.05, 0) is 61.6 Å². The topological polar surface area (TPSA) is 48.4 Å². The third-order valence-corrected chi connectivity index (χ3v) is 4.20. The minimum atomic E-state index is 0.0649. The number of carbonyl (C=O) groups excluding carboxylic acids is 1. The molecule has 1 aromatic carbocycles. The van der Waals surface area contributed by atoms with Crippen molar-refractivity contribution in [3.63, 3.8) is 0 Å². The summed E-state index contributed by atoms with van der Waals surface area (Å²) in [5.74, 6) is 1.41. The Bertz CT molecular complexity index is 664. The lowest BCUT2D eigenvalue weighted by molar-refractivity contribution is 0.0992. The fourth-order valence-corrected chi connectivity index (χ4v) is 2.92. The molecular weight excluding hydrogens is 290 g/mol. The molecule has 0 atom stereocenters. The Morgan fingerprint density at radius 1 is 1.13 bits per heavy atom. The predicted octanol–water partition coefficient (Wildman–Crippen LogP) is 3.84.